The average molecular weight is 530 g/mol. The molecule has 0 aliphatic carbocycles. The van der Waals surface area contributed by atoms with E-state index in [1.165, 1.54) is 12.1 Å². The van der Waals surface area contributed by atoms with Gasteiger partial charge in [-0.2, -0.15) is 0 Å². The fraction of sp³-hybridized carbons (Fsp3) is 0.241. The molecule has 4 N–H and O–H groups in total. The number of hydrogen-bond donors (Lipinski definition) is 4. The first-order chi connectivity index (χ1) is 18.9. The van der Waals surface area contributed by atoms with Crippen molar-refractivity contribution in [3.63, 3.8) is 0 Å². The van der Waals surface area contributed by atoms with Crippen LogP contribution in [-0.2, 0) is 0 Å². The maximum Gasteiger partial charge on any atom is 0.257 e. The summed E-state index contributed by atoms with van der Waals surface area (Å²) in [5.74, 6) is -0.324. The normalized spacial score (nSPS) is 14.9. The molecular formula is C29H31N5O5. The summed E-state index contributed by atoms with van der Waals surface area (Å²) in [5, 5.41) is 29.5. The third-order valence-electron chi connectivity index (χ3n) is 6.74. The number of amides is 1. The van der Waals surface area contributed by atoms with Gasteiger partial charge in [-0.25, -0.2) is 0 Å². The van der Waals surface area contributed by atoms with Gasteiger partial charge in [0, 0.05) is 26.2 Å². The fourth-order valence-electron chi connectivity index (χ4n) is 4.55. The first-order valence-electron chi connectivity index (χ1n) is 12.7. The summed E-state index contributed by atoms with van der Waals surface area (Å²) in [6.45, 7) is 7.14. The van der Waals surface area contributed by atoms with Crippen molar-refractivity contribution in [1.82, 2.24) is 9.80 Å². The van der Waals surface area contributed by atoms with Gasteiger partial charge in [-0.3, -0.25) is 14.4 Å². The van der Waals surface area contributed by atoms with Crippen LogP contribution in [0.2, 0.25) is 0 Å². The number of aromatic hydroxyl groups is 1. The van der Waals surface area contributed by atoms with Crippen molar-refractivity contribution in [1.29, 1.82) is 0 Å². The van der Waals surface area contributed by atoms with Crippen LogP contribution in [0, 0.1) is 0 Å². The number of nitrogens with zero attached hydrogens (tertiary/aromatic N) is 3. The van der Waals surface area contributed by atoms with Gasteiger partial charge < -0.3 is 30.7 Å². The van der Waals surface area contributed by atoms with E-state index >= 15 is 0 Å². The highest BCUT2D eigenvalue weighted by molar-refractivity contribution is 5.99. The van der Waals surface area contributed by atoms with Crippen LogP contribution in [-0.4, -0.2) is 58.0 Å². The van der Waals surface area contributed by atoms with E-state index in [0.717, 1.165) is 5.56 Å². The lowest BCUT2D eigenvalue weighted by Gasteiger charge is -2.35. The minimum absolute atomic E-state index is 0.0475. The van der Waals surface area contributed by atoms with Crippen LogP contribution in [0.5, 0.6) is 5.75 Å². The maximum absolute atomic E-state index is 13.2. The zero-order chi connectivity index (χ0) is 27.9. The standard InChI is InChI=1S/C29H31N5O5/c1-3-5-14-23(32-39)33-15-17-34(18-16-33)29(38)20-12-9-13-22(26(20)35)31-25-24(27(36)28(25)37)30-21(4-2)19-10-7-6-8-11-19/h3,5-14,21,30-31,35,39H,1,4,15-18H2,2H3/b14-5-,32-23-/t21-/m1/s1. The molecule has 0 saturated carbocycles. The second-order valence-electron chi connectivity index (χ2n) is 9.08. The second kappa shape index (κ2) is 12.1. The van der Waals surface area contributed by atoms with Crippen LogP contribution < -0.4 is 21.5 Å². The van der Waals surface area contributed by atoms with Gasteiger partial charge in [0.25, 0.3) is 16.8 Å². The number of hydrogen-bond acceptors (Lipinski definition) is 8. The van der Waals surface area contributed by atoms with Crippen LogP contribution in [0.25, 0.3) is 0 Å². The van der Waals surface area contributed by atoms with Crippen LogP contribution >= 0.6 is 0 Å². The van der Waals surface area contributed by atoms with Gasteiger partial charge in [-0.15, -0.1) is 0 Å². The zero-order valence-electron chi connectivity index (χ0n) is 21.6. The third kappa shape index (κ3) is 5.69. The number of para-hydroxylation sites is 1. The van der Waals surface area contributed by atoms with Crippen molar-refractivity contribution in [2.75, 3.05) is 36.8 Å². The van der Waals surface area contributed by atoms with E-state index in [2.05, 4.69) is 22.4 Å². The highest BCUT2D eigenvalue weighted by Gasteiger charge is 2.28. The zero-order valence-corrected chi connectivity index (χ0v) is 21.6. The van der Waals surface area contributed by atoms with Crippen molar-refractivity contribution in [3.05, 3.63) is 105 Å². The van der Waals surface area contributed by atoms with Crippen LogP contribution in [0.15, 0.2) is 88.1 Å². The molecule has 1 fully saturated rings. The number of phenolic OH excluding ortho intramolecular Hbond substituents is 1. The molecule has 0 radical (unpaired) electrons. The summed E-state index contributed by atoms with van der Waals surface area (Å²) >= 11 is 0. The number of piperazine rings is 1. The Balaban J connectivity index is 1.49. The summed E-state index contributed by atoms with van der Waals surface area (Å²) in [6.07, 6.45) is 5.53. The smallest absolute Gasteiger partial charge is 0.257 e. The number of phenols is 1. The molecule has 1 aliphatic rings. The molecule has 1 amide bonds. The molecular weight excluding hydrogens is 498 g/mol. The van der Waals surface area contributed by atoms with Crippen molar-refractivity contribution >= 4 is 28.8 Å². The molecule has 1 heterocycles. The molecule has 1 saturated heterocycles. The minimum atomic E-state index is -0.695. The minimum Gasteiger partial charge on any atom is -0.505 e. The Labute approximate surface area is 225 Å². The van der Waals surface area contributed by atoms with E-state index in [1.54, 1.807) is 29.2 Å². The average Bonchev–Trinajstić information content (AvgIpc) is 2.98. The number of allylic oxidation sites excluding steroid dienone is 2. The molecule has 3 aromatic carbocycles. The summed E-state index contributed by atoms with van der Waals surface area (Å²) in [5.41, 5.74) is 0.0566. The van der Waals surface area contributed by atoms with Gasteiger partial charge in [0.1, 0.15) is 11.4 Å². The van der Waals surface area contributed by atoms with Gasteiger partial charge in [-0.1, -0.05) is 67.2 Å². The Hall–Kier alpha value is -4.86. The quantitative estimate of drug-likeness (QED) is 0.0629. The molecule has 10 heteroatoms. The molecule has 0 unspecified atom stereocenters. The third-order valence-corrected chi connectivity index (χ3v) is 6.74. The lowest BCUT2D eigenvalue weighted by Crippen LogP contribution is -2.50. The lowest BCUT2D eigenvalue weighted by molar-refractivity contribution is 0.0687. The molecule has 0 bridgehead atoms. The van der Waals surface area contributed by atoms with Gasteiger partial charge in [-0.05, 0) is 30.2 Å². The largest absolute Gasteiger partial charge is 0.505 e. The number of anilines is 3. The highest BCUT2D eigenvalue weighted by Crippen LogP contribution is 2.33. The summed E-state index contributed by atoms with van der Waals surface area (Å²) in [6, 6.07) is 14.0. The van der Waals surface area contributed by atoms with E-state index in [9.17, 15) is 24.7 Å². The van der Waals surface area contributed by atoms with Crippen molar-refractivity contribution in [2.45, 2.75) is 19.4 Å². The van der Waals surface area contributed by atoms with Crippen LogP contribution in [0.4, 0.5) is 17.1 Å². The van der Waals surface area contributed by atoms with E-state index in [0.29, 0.717) is 38.4 Å². The van der Waals surface area contributed by atoms with E-state index < -0.39 is 10.9 Å². The fourth-order valence-corrected chi connectivity index (χ4v) is 4.55. The molecule has 202 valence electrons. The van der Waals surface area contributed by atoms with Crippen molar-refractivity contribution in [2.24, 2.45) is 5.16 Å². The molecule has 0 spiro atoms. The number of nitrogens with one attached hydrogen (secondary N) is 2. The summed E-state index contributed by atoms with van der Waals surface area (Å²) < 4.78 is 0. The van der Waals surface area contributed by atoms with Gasteiger partial charge in [0.05, 0.1) is 17.3 Å². The van der Waals surface area contributed by atoms with Gasteiger partial charge in [0.2, 0.25) is 0 Å². The Morgan fingerprint density at radius 1 is 1.03 bits per heavy atom. The van der Waals surface area contributed by atoms with E-state index in [1.807, 2.05) is 42.2 Å². The lowest BCUT2D eigenvalue weighted by atomic mass is 10.0. The number of carbonyl (C=O) groups is 1. The van der Waals surface area contributed by atoms with Gasteiger partial charge in [0.15, 0.2) is 11.6 Å². The Morgan fingerprint density at radius 3 is 2.33 bits per heavy atom. The summed E-state index contributed by atoms with van der Waals surface area (Å²) in [4.78, 5) is 41.5. The maximum atomic E-state index is 13.2. The first-order valence-corrected chi connectivity index (χ1v) is 12.7. The Bertz CT molecular complexity index is 1470. The number of carbonyl (C=O) groups excluding carboxylic acids is 1. The second-order valence-corrected chi connectivity index (χ2v) is 9.08. The Morgan fingerprint density at radius 2 is 1.69 bits per heavy atom. The van der Waals surface area contributed by atoms with Gasteiger partial charge >= 0.3 is 0 Å². The molecule has 10 nitrogen and oxygen atoms in total. The molecule has 3 aromatic rings. The van der Waals surface area contributed by atoms with Crippen LogP contribution in [0.1, 0.15) is 35.3 Å². The predicted molar refractivity (Wildman–Crippen MR) is 152 cm³/mol. The summed E-state index contributed by atoms with van der Waals surface area (Å²) in [7, 11) is 0. The molecule has 4 rings (SSSR count). The number of benzene rings is 2. The Kier molecular flexibility index (Phi) is 8.45. The first kappa shape index (κ1) is 27.2. The molecule has 1 aliphatic heterocycles. The topological polar surface area (TPSA) is 135 Å². The van der Waals surface area contributed by atoms with Crippen molar-refractivity contribution in [3.8, 4) is 5.75 Å². The molecule has 0 aromatic heterocycles. The van der Waals surface area contributed by atoms with E-state index in [-0.39, 0.29) is 40.3 Å². The van der Waals surface area contributed by atoms with E-state index in [4.69, 9.17) is 0 Å². The monoisotopic (exact) mass is 529 g/mol. The van der Waals surface area contributed by atoms with Crippen molar-refractivity contribution < 1.29 is 15.1 Å². The SMILES string of the molecule is C=C/C=C\C(=N\O)N1CCN(C(=O)c2cccc(Nc3c(N[C@H](CC)c4ccccc4)c(=O)c3=O)c2O)CC1. The van der Waals surface area contributed by atoms with Crippen LogP contribution in [0.3, 0.4) is 0 Å². The number of amidine groups is 1. The number of oxime groups is 1. The highest BCUT2D eigenvalue weighted by atomic mass is 16.4. The number of rotatable bonds is 9. The molecule has 39 heavy (non-hydrogen) atoms. The molecule has 1 atom stereocenters. The predicted octanol–water partition coefficient (Wildman–Crippen LogP) is 3.58.